The molecule has 3 nitrogen and oxygen atoms in total. The van der Waals surface area contributed by atoms with Gasteiger partial charge in [0.25, 0.3) is 0 Å². The van der Waals surface area contributed by atoms with E-state index in [1.807, 2.05) is 0 Å². The van der Waals surface area contributed by atoms with Crippen LogP contribution in [-0.4, -0.2) is 15.8 Å². The van der Waals surface area contributed by atoms with E-state index in [2.05, 4.69) is 16.0 Å². The Kier molecular flexibility index (Phi) is 1.53. The topological polar surface area (TPSA) is 42.9 Å². The molecule has 45 valence electrons. The van der Waals surface area contributed by atoms with E-state index in [1.54, 1.807) is 0 Å². The first-order valence-corrected chi connectivity index (χ1v) is 2.49. The fraction of sp³-hybridized carbons (Fsp3) is 0.167. The van der Waals surface area contributed by atoms with Crippen LogP contribution in [0.2, 0.25) is 0 Å². The minimum absolute atomic E-state index is 0.0857. The van der Waals surface area contributed by atoms with E-state index < -0.39 is 0 Å². The monoisotopic (exact) mass is 121 g/mol. The van der Waals surface area contributed by atoms with Gasteiger partial charge in [-0.25, -0.2) is 9.97 Å². The lowest BCUT2D eigenvalue weighted by atomic mass is 10.3. The Morgan fingerprint density at radius 1 is 1.78 bits per heavy atom. The summed E-state index contributed by atoms with van der Waals surface area (Å²) in [6.07, 6.45) is 2.75. The van der Waals surface area contributed by atoms with Gasteiger partial charge >= 0.3 is 0 Å². The Hall–Kier alpha value is -1.25. The van der Waals surface area contributed by atoms with Crippen molar-refractivity contribution < 1.29 is 4.79 Å². The van der Waals surface area contributed by atoms with Gasteiger partial charge in [-0.3, -0.25) is 4.79 Å². The van der Waals surface area contributed by atoms with Crippen molar-refractivity contribution in [3.05, 3.63) is 24.3 Å². The number of nitrogens with zero attached hydrogens (tertiary/aromatic N) is 2. The maximum absolute atomic E-state index is 10.5. The maximum atomic E-state index is 10.5. The molecule has 0 saturated carbocycles. The zero-order chi connectivity index (χ0) is 6.69. The van der Waals surface area contributed by atoms with Crippen LogP contribution in [0.4, 0.5) is 0 Å². The number of carbonyl (C=O) groups excluding carboxylic acids is 1. The van der Waals surface area contributed by atoms with Gasteiger partial charge in [0, 0.05) is 19.2 Å². The fourth-order valence-electron chi connectivity index (χ4n) is 0.453. The van der Waals surface area contributed by atoms with Gasteiger partial charge in [0.15, 0.2) is 5.78 Å². The largest absolute Gasteiger partial charge is 0.293 e. The molecule has 1 aromatic rings. The summed E-state index contributed by atoms with van der Waals surface area (Å²) in [5.41, 5.74) is 0.338. The van der Waals surface area contributed by atoms with E-state index in [1.165, 1.54) is 19.4 Å². The lowest BCUT2D eigenvalue weighted by Crippen LogP contribution is -1.95. The molecular weight excluding hydrogens is 116 g/mol. The maximum Gasteiger partial charge on any atom is 0.178 e. The summed E-state index contributed by atoms with van der Waals surface area (Å²) in [6.45, 7) is 1.44. The lowest BCUT2D eigenvalue weighted by Gasteiger charge is -1.87. The van der Waals surface area contributed by atoms with Crippen LogP contribution >= 0.6 is 0 Å². The second-order valence-electron chi connectivity index (χ2n) is 1.57. The van der Waals surface area contributed by atoms with Gasteiger partial charge in [-0.1, -0.05) is 0 Å². The Morgan fingerprint density at radius 3 is 2.89 bits per heavy atom. The molecule has 0 amide bonds. The molecule has 9 heavy (non-hydrogen) atoms. The molecule has 0 aliphatic rings. The van der Waals surface area contributed by atoms with Gasteiger partial charge in [0.05, 0.1) is 0 Å². The van der Waals surface area contributed by atoms with Crippen molar-refractivity contribution in [3.63, 3.8) is 0 Å². The van der Waals surface area contributed by atoms with E-state index >= 15 is 0 Å². The zero-order valence-electron chi connectivity index (χ0n) is 4.96. The van der Waals surface area contributed by atoms with Crippen LogP contribution in [0.3, 0.4) is 0 Å². The van der Waals surface area contributed by atoms with Crippen LogP contribution in [0, 0.1) is 6.07 Å². The highest BCUT2D eigenvalue weighted by Gasteiger charge is 1.96. The predicted molar refractivity (Wildman–Crippen MR) is 30.9 cm³/mol. The second-order valence-corrected chi connectivity index (χ2v) is 1.57. The first-order chi connectivity index (χ1) is 4.30. The fourth-order valence-corrected chi connectivity index (χ4v) is 0.453. The van der Waals surface area contributed by atoms with Gasteiger partial charge in [-0.15, -0.1) is 0 Å². The van der Waals surface area contributed by atoms with Crippen molar-refractivity contribution in [1.29, 1.82) is 0 Å². The van der Waals surface area contributed by atoms with Crippen molar-refractivity contribution >= 4 is 5.78 Å². The van der Waals surface area contributed by atoms with Crippen LogP contribution in [0.5, 0.6) is 0 Å². The molecule has 1 aromatic heterocycles. The van der Waals surface area contributed by atoms with Crippen LogP contribution in [0.15, 0.2) is 12.5 Å². The molecule has 0 aliphatic heterocycles. The van der Waals surface area contributed by atoms with Gasteiger partial charge in [0.2, 0.25) is 0 Å². The summed E-state index contributed by atoms with van der Waals surface area (Å²) >= 11 is 0. The molecule has 0 spiro atoms. The van der Waals surface area contributed by atoms with Crippen LogP contribution in [-0.2, 0) is 0 Å². The van der Waals surface area contributed by atoms with E-state index in [4.69, 9.17) is 0 Å². The average molecular weight is 121 g/mol. The minimum atomic E-state index is -0.0857. The summed E-state index contributed by atoms with van der Waals surface area (Å²) in [6, 6.07) is 2.60. The summed E-state index contributed by atoms with van der Waals surface area (Å²) in [5, 5.41) is 0. The van der Waals surface area contributed by atoms with E-state index in [0.29, 0.717) is 5.69 Å². The first kappa shape index (κ1) is 5.88. The Bertz CT molecular complexity index is 208. The molecule has 1 radical (unpaired) electrons. The SMILES string of the molecule is CC(=O)c1[c]cncn1. The molecule has 1 heterocycles. The third-order valence-corrected chi connectivity index (χ3v) is 0.863. The van der Waals surface area contributed by atoms with Crippen molar-refractivity contribution in [2.75, 3.05) is 0 Å². The Labute approximate surface area is 52.8 Å². The quantitative estimate of drug-likeness (QED) is 0.507. The van der Waals surface area contributed by atoms with Gasteiger partial charge < -0.3 is 0 Å². The summed E-state index contributed by atoms with van der Waals surface area (Å²) in [5.74, 6) is -0.0857. The smallest absolute Gasteiger partial charge is 0.178 e. The minimum Gasteiger partial charge on any atom is -0.293 e. The van der Waals surface area contributed by atoms with Gasteiger partial charge in [-0.05, 0) is 0 Å². The molecule has 0 aliphatic carbocycles. The van der Waals surface area contributed by atoms with Crippen molar-refractivity contribution in [2.45, 2.75) is 6.92 Å². The zero-order valence-corrected chi connectivity index (χ0v) is 4.96. The number of hydrogen-bond acceptors (Lipinski definition) is 3. The highest BCUT2D eigenvalue weighted by molar-refractivity contribution is 5.91. The highest BCUT2D eigenvalue weighted by atomic mass is 16.1. The molecule has 0 atom stereocenters. The molecule has 0 fully saturated rings. The van der Waals surface area contributed by atoms with Crippen LogP contribution in [0.25, 0.3) is 0 Å². The third kappa shape index (κ3) is 1.32. The molecule has 0 bridgehead atoms. The van der Waals surface area contributed by atoms with Crippen LogP contribution in [0.1, 0.15) is 17.4 Å². The average Bonchev–Trinajstić information content (AvgIpc) is 1.90. The van der Waals surface area contributed by atoms with Crippen molar-refractivity contribution in [2.24, 2.45) is 0 Å². The standard InChI is InChI=1S/C6H5N2O/c1-5(9)6-2-3-7-4-8-6/h3-4H,1H3. The Balaban J connectivity index is 2.98. The molecule has 0 N–H and O–H groups in total. The molecule has 0 saturated heterocycles. The van der Waals surface area contributed by atoms with Gasteiger partial charge in [0.1, 0.15) is 12.0 Å². The first-order valence-electron chi connectivity index (χ1n) is 2.49. The van der Waals surface area contributed by atoms with Crippen molar-refractivity contribution in [3.8, 4) is 0 Å². The van der Waals surface area contributed by atoms with Gasteiger partial charge in [-0.2, -0.15) is 0 Å². The molecule has 0 aromatic carbocycles. The number of hydrogen-bond donors (Lipinski definition) is 0. The van der Waals surface area contributed by atoms with E-state index in [-0.39, 0.29) is 5.78 Å². The van der Waals surface area contributed by atoms with Crippen molar-refractivity contribution in [1.82, 2.24) is 9.97 Å². The number of Topliss-reactive ketones (excluding diaryl/α,β-unsaturated/α-hetero) is 1. The molecule has 1 rings (SSSR count). The van der Waals surface area contributed by atoms with Crippen LogP contribution < -0.4 is 0 Å². The Morgan fingerprint density at radius 2 is 2.56 bits per heavy atom. The number of carbonyl (C=O) groups is 1. The lowest BCUT2D eigenvalue weighted by molar-refractivity contribution is 0.101. The molecule has 0 unspecified atom stereocenters. The number of aromatic nitrogens is 2. The van der Waals surface area contributed by atoms with E-state index in [9.17, 15) is 4.79 Å². The summed E-state index contributed by atoms with van der Waals surface area (Å²) < 4.78 is 0. The molecule has 3 heteroatoms. The third-order valence-electron chi connectivity index (χ3n) is 0.863. The van der Waals surface area contributed by atoms with E-state index in [0.717, 1.165) is 0 Å². The summed E-state index contributed by atoms with van der Waals surface area (Å²) in [4.78, 5) is 17.8. The second kappa shape index (κ2) is 2.35. The predicted octanol–water partition coefficient (Wildman–Crippen LogP) is 0.479. The number of ketones is 1. The summed E-state index contributed by atoms with van der Waals surface area (Å²) in [7, 11) is 0. The molecular formula is C6H5N2O. The normalized spacial score (nSPS) is 9.00. The highest BCUT2D eigenvalue weighted by Crippen LogP contribution is 1.88. The number of rotatable bonds is 1.